The van der Waals surface area contributed by atoms with Gasteiger partial charge in [0.05, 0.1) is 27.9 Å². The summed E-state index contributed by atoms with van der Waals surface area (Å²) in [7, 11) is 0. The van der Waals surface area contributed by atoms with E-state index in [4.69, 9.17) is 23.2 Å². The Bertz CT molecular complexity index is 1390. The summed E-state index contributed by atoms with van der Waals surface area (Å²) in [5.74, 6) is -4.00. The fraction of sp³-hybridized carbons (Fsp3) is 0.250. The van der Waals surface area contributed by atoms with Gasteiger partial charge in [-0.1, -0.05) is 47.5 Å². The lowest BCUT2D eigenvalue weighted by Crippen LogP contribution is -2.52. The molecule has 16 heteroatoms. The largest absolute Gasteiger partial charge is 0.481 e. The van der Waals surface area contributed by atoms with Gasteiger partial charge in [0.25, 0.3) is 5.91 Å². The monoisotopic (exact) mass is 607 g/mol. The van der Waals surface area contributed by atoms with E-state index in [-0.39, 0.29) is 5.16 Å². The SMILES string of the molecule is CC(NC(=O)CNC(=O)c1ccccc1)C(=O)NC(CC(=O)O)C(=O)Cn1nnc(Sc2c(Cl)cccc2Cl)n1. The highest BCUT2D eigenvalue weighted by Gasteiger charge is 2.27. The third-order valence-electron chi connectivity index (χ3n) is 5.14. The number of nitrogens with zero attached hydrogens (tertiary/aromatic N) is 4. The second-order valence-corrected chi connectivity index (χ2v) is 10.0. The number of hydrogen-bond donors (Lipinski definition) is 4. The normalized spacial score (nSPS) is 12.2. The molecule has 13 nitrogen and oxygen atoms in total. The maximum Gasteiger partial charge on any atom is 0.305 e. The van der Waals surface area contributed by atoms with Crippen molar-refractivity contribution in [2.24, 2.45) is 0 Å². The van der Waals surface area contributed by atoms with E-state index in [2.05, 4.69) is 31.4 Å². The smallest absolute Gasteiger partial charge is 0.305 e. The van der Waals surface area contributed by atoms with Crippen molar-refractivity contribution in [2.45, 2.75) is 42.0 Å². The molecule has 3 rings (SSSR count). The Kier molecular flexibility index (Phi) is 11.0. The van der Waals surface area contributed by atoms with Gasteiger partial charge in [0.2, 0.25) is 17.0 Å². The van der Waals surface area contributed by atoms with Gasteiger partial charge in [-0.3, -0.25) is 24.0 Å². The first-order valence-electron chi connectivity index (χ1n) is 11.6. The molecule has 40 heavy (non-hydrogen) atoms. The Morgan fingerprint density at radius 3 is 2.33 bits per heavy atom. The second-order valence-electron chi connectivity index (χ2n) is 8.22. The molecule has 210 valence electrons. The van der Waals surface area contributed by atoms with Crippen LogP contribution in [0, 0.1) is 0 Å². The molecule has 0 radical (unpaired) electrons. The number of aliphatic carboxylic acids is 1. The van der Waals surface area contributed by atoms with Gasteiger partial charge in [-0.15, -0.1) is 10.2 Å². The molecule has 0 spiro atoms. The highest BCUT2D eigenvalue weighted by atomic mass is 35.5. The van der Waals surface area contributed by atoms with Crippen molar-refractivity contribution in [1.82, 2.24) is 36.2 Å². The van der Waals surface area contributed by atoms with Crippen LogP contribution in [-0.2, 0) is 25.7 Å². The minimum atomic E-state index is -1.44. The molecule has 1 heterocycles. The van der Waals surface area contributed by atoms with Crippen LogP contribution in [0.4, 0.5) is 0 Å². The van der Waals surface area contributed by atoms with E-state index in [0.29, 0.717) is 20.5 Å². The van der Waals surface area contributed by atoms with Crippen molar-refractivity contribution in [2.75, 3.05) is 6.54 Å². The summed E-state index contributed by atoms with van der Waals surface area (Å²) in [4.78, 5) is 62.5. The molecule has 0 saturated carbocycles. The molecule has 0 aliphatic rings. The van der Waals surface area contributed by atoms with Crippen LogP contribution >= 0.6 is 35.0 Å². The van der Waals surface area contributed by atoms with Gasteiger partial charge in [-0.2, -0.15) is 4.80 Å². The summed E-state index contributed by atoms with van der Waals surface area (Å²) >= 11 is 13.3. The van der Waals surface area contributed by atoms with Crippen LogP contribution in [0.5, 0.6) is 0 Å². The van der Waals surface area contributed by atoms with Crippen LogP contribution in [0.1, 0.15) is 23.7 Å². The standard InChI is InChI=1S/C24H23Cl2N7O6S/c1-13(28-19(35)11-27-23(39)14-6-3-2-4-7-14)22(38)29-17(10-20(36)37)18(34)12-33-31-24(30-32-33)40-21-15(25)8-5-9-16(21)26/h2-9,13,17H,10-12H2,1H3,(H,27,39)(H,28,35)(H,29,38)(H,36,37). The number of carbonyl (C=O) groups is 5. The van der Waals surface area contributed by atoms with Crippen LogP contribution in [-0.4, -0.2) is 73.4 Å². The number of hydrogen-bond acceptors (Lipinski definition) is 9. The summed E-state index contributed by atoms with van der Waals surface area (Å²) in [6, 6.07) is 10.6. The molecule has 0 aliphatic carbocycles. The van der Waals surface area contributed by atoms with Gasteiger partial charge in [-0.05, 0) is 48.2 Å². The molecular formula is C24H23Cl2N7O6S. The fourth-order valence-corrected chi connectivity index (χ4v) is 4.54. The van der Waals surface area contributed by atoms with Crippen molar-refractivity contribution in [3.63, 3.8) is 0 Å². The molecular weight excluding hydrogens is 585 g/mol. The lowest BCUT2D eigenvalue weighted by Gasteiger charge is -2.19. The van der Waals surface area contributed by atoms with Crippen molar-refractivity contribution in [3.05, 3.63) is 64.1 Å². The zero-order valence-electron chi connectivity index (χ0n) is 20.8. The van der Waals surface area contributed by atoms with Gasteiger partial charge in [-0.25, -0.2) is 0 Å². The van der Waals surface area contributed by atoms with E-state index in [1.54, 1.807) is 48.5 Å². The lowest BCUT2D eigenvalue weighted by molar-refractivity contribution is -0.140. The highest BCUT2D eigenvalue weighted by molar-refractivity contribution is 7.99. The second kappa shape index (κ2) is 14.4. The minimum Gasteiger partial charge on any atom is -0.481 e. The number of aromatic nitrogens is 4. The molecule has 2 aromatic carbocycles. The van der Waals surface area contributed by atoms with E-state index in [0.717, 1.165) is 16.6 Å². The molecule has 2 unspecified atom stereocenters. The first-order valence-corrected chi connectivity index (χ1v) is 13.2. The Balaban J connectivity index is 1.55. The first kappa shape index (κ1) is 30.5. The highest BCUT2D eigenvalue weighted by Crippen LogP contribution is 2.36. The van der Waals surface area contributed by atoms with Gasteiger partial charge in [0, 0.05) is 5.56 Å². The van der Waals surface area contributed by atoms with E-state index < -0.39 is 61.1 Å². The molecule has 3 aromatic rings. The molecule has 0 aliphatic heterocycles. The van der Waals surface area contributed by atoms with Crippen LogP contribution in [0.15, 0.2) is 58.6 Å². The van der Waals surface area contributed by atoms with E-state index >= 15 is 0 Å². The van der Waals surface area contributed by atoms with Crippen molar-refractivity contribution < 1.29 is 29.1 Å². The van der Waals surface area contributed by atoms with Crippen LogP contribution in [0.25, 0.3) is 0 Å². The summed E-state index contributed by atoms with van der Waals surface area (Å²) < 4.78 is 0. The Morgan fingerprint density at radius 1 is 1.00 bits per heavy atom. The van der Waals surface area contributed by atoms with E-state index in [1.807, 2.05) is 0 Å². The van der Waals surface area contributed by atoms with Gasteiger partial charge < -0.3 is 21.1 Å². The number of carboxylic acid groups (broad SMARTS) is 1. The molecule has 0 bridgehead atoms. The van der Waals surface area contributed by atoms with E-state index in [1.165, 1.54) is 6.92 Å². The van der Waals surface area contributed by atoms with Gasteiger partial charge in [0.1, 0.15) is 18.6 Å². The summed E-state index contributed by atoms with van der Waals surface area (Å²) in [5.41, 5.74) is 0.358. The molecule has 0 saturated heterocycles. The van der Waals surface area contributed by atoms with Crippen LogP contribution in [0.2, 0.25) is 10.0 Å². The topological polar surface area (TPSA) is 185 Å². The number of rotatable bonds is 13. The maximum atomic E-state index is 12.8. The average molecular weight is 608 g/mol. The number of ketones is 1. The summed E-state index contributed by atoms with van der Waals surface area (Å²) in [6.07, 6.45) is -0.718. The van der Waals surface area contributed by atoms with Crippen LogP contribution < -0.4 is 16.0 Å². The molecule has 0 fully saturated rings. The Morgan fingerprint density at radius 2 is 1.68 bits per heavy atom. The van der Waals surface area contributed by atoms with Gasteiger partial charge in [0.15, 0.2) is 5.78 Å². The third kappa shape index (κ3) is 9.03. The maximum absolute atomic E-state index is 12.8. The number of benzene rings is 2. The first-order chi connectivity index (χ1) is 19.0. The number of carboxylic acids is 1. The van der Waals surface area contributed by atoms with Gasteiger partial charge >= 0.3 is 5.97 Å². The lowest BCUT2D eigenvalue weighted by atomic mass is 10.1. The third-order valence-corrected chi connectivity index (χ3v) is 6.99. The number of amides is 3. The van der Waals surface area contributed by atoms with Crippen molar-refractivity contribution in [1.29, 1.82) is 0 Å². The predicted octanol–water partition coefficient (Wildman–Crippen LogP) is 1.59. The minimum absolute atomic E-state index is 0.136. The Hall–Kier alpha value is -4.01. The average Bonchev–Trinajstić information content (AvgIpc) is 3.35. The van der Waals surface area contributed by atoms with E-state index in [9.17, 15) is 29.1 Å². The quantitative estimate of drug-likeness (QED) is 0.222. The molecule has 1 aromatic heterocycles. The number of Topliss-reactive ketones (excluding diaryl/α,β-unsaturated/α-hetero) is 1. The summed E-state index contributed by atoms with van der Waals surface area (Å²) in [5, 5.41) is 28.9. The molecule has 3 amide bonds. The molecule has 4 N–H and O–H groups in total. The fourth-order valence-electron chi connectivity index (χ4n) is 3.18. The van der Waals surface area contributed by atoms with Crippen LogP contribution in [0.3, 0.4) is 0 Å². The predicted molar refractivity (Wildman–Crippen MR) is 144 cm³/mol. The van der Waals surface area contributed by atoms with Crippen molar-refractivity contribution >= 4 is 64.4 Å². The number of halogens is 2. The zero-order valence-corrected chi connectivity index (χ0v) is 23.2. The van der Waals surface area contributed by atoms with Crippen molar-refractivity contribution in [3.8, 4) is 0 Å². The number of tetrazole rings is 1. The number of nitrogens with one attached hydrogen (secondary N) is 3. The zero-order chi connectivity index (χ0) is 29.2. The number of carbonyl (C=O) groups excluding carboxylic acids is 4. The summed E-state index contributed by atoms with van der Waals surface area (Å²) in [6.45, 7) is 0.450. The Labute approximate surface area is 242 Å². The molecule has 2 atom stereocenters.